The topological polar surface area (TPSA) is 20.3 Å². The number of nitrogens with zero attached hydrogens (tertiary/aromatic N) is 1. The Morgan fingerprint density at radius 3 is 2.79 bits per heavy atom. The van der Waals surface area contributed by atoms with Crippen molar-refractivity contribution in [1.29, 1.82) is 0 Å². The molecule has 1 fully saturated rings. The van der Waals surface area contributed by atoms with Crippen LogP contribution in [-0.2, 0) is 4.79 Å². The van der Waals surface area contributed by atoms with Gasteiger partial charge in [-0.1, -0.05) is 27.2 Å². The van der Waals surface area contributed by atoms with Gasteiger partial charge in [0.25, 0.3) is 0 Å². The van der Waals surface area contributed by atoms with Gasteiger partial charge in [-0.25, -0.2) is 0 Å². The zero-order valence-electron chi connectivity index (χ0n) is 9.75. The molecule has 1 rings (SSSR count). The summed E-state index contributed by atoms with van der Waals surface area (Å²) in [6.45, 7) is 8.45. The molecule has 0 aromatic heterocycles. The fourth-order valence-corrected chi connectivity index (χ4v) is 2.16. The fourth-order valence-electron chi connectivity index (χ4n) is 2.16. The van der Waals surface area contributed by atoms with E-state index in [0.29, 0.717) is 17.7 Å². The third kappa shape index (κ3) is 2.73. The number of carbonyl (C=O) groups is 1. The van der Waals surface area contributed by atoms with Crippen LogP contribution in [0.15, 0.2) is 0 Å². The molecule has 0 spiro atoms. The molecule has 1 saturated heterocycles. The van der Waals surface area contributed by atoms with E-state index < -0.39 is 0 Å². The highest BCUT2D eigenvalue weighted by atomic mass is 16.2. The van der Waals surface area contributed by atoms with Crippen LogP contribution in [0.2, 0.25) is 0 Å². The molecule has 0 radical (unpaired) electrons. The van der Waals surface area contributed by atoms with E-state index in [-0.39, 0.29) is 0 Å². The predicted octanol–water partition coefficient (Wildman–Crippen LogP) is 2.68. The summed E-state index contributed by atoms with van der Waals surface area (Å²) in [7, 11) is 0. The smallest absolute Gasteiger partial charge is 0.225 e. The first-order valence-corrected chi connectivity index (χ1v) is 5.95. The van der Waals surface area contributed by atoms with E-state index in [0.717, 1.165) is 25.9 Å². The van der Waals surface area contributed by atoms with Gasteiger partial charge in [-0.2, -0.15) is 0 Å². The van der Waals surface area contributed by atoms with Gasteiger partial charge in [0.05, 0.1) is 0 Å². The zero-order chi connectivity index (χ0) is 10.6. The molecule has 0 saturated carbocycles. The first-order valence-electron chi connectivity index (χ1n) is 5.95. The lowest BCUT2D eigenvalue weighted by molar-refractivity contribution is -0.140. The van der Waals surface area contributed by atoms with Crippen LogP contribution in [0.1, 0.15) is 46.5 Å². The molecule has 2 nitrogen and oxygen atoms in total. The van der Waals surface area contributed by atoms with Gasteiger partial charge in [-0.05, 0) is 25.2 Å². The van der Waals surface area contributed by atoms with E-state index in [1.54, 1.807) is 0 Å². The van der Waals surface area contributed by atoms with E-state index in [4.69, 9.17) is 0 Å². The maximum atomic E-state index is 12.0. The number of likely N-dealkylation sites (tertiary alicyclic amines) is 1. The second-order valence-electron chi connectivity index (χ2n) is 4.67. The van der Waals surface area contributed by atoms with E-state index >= 15 is 0 Å². The number of hydrogen-bond acceptors (Lipinski definition) is 1. The number of hydrogen-bond donors (Lipinski definition) is 0. The van der Waals surface area contributed by atoms with Crippen LogP contribution in [-0.4, -0.2) is 23.9 Å². The zero-order valence-corrected chi connectivity index (χ0v) is 9.75. The van der Waals surface area contributed by atoms with Crippen LogP contribution in [0, 0.1) is 11.8 Å². The van der Waals surface area contributed by atoms with Crippen molar-refractivity contribution in [2.75, 3.05) is 13.1 Å². The highest BCUT2D eigenvalue weighted by Crippen LogP contribution is 2.24. The monoisotopic (exact) mass is 197 g/mol. The molecule has 1 atom stereocenters. The predicted molar refractivity (Wildman–Crippen MR) is 59.1 cm³/mol. The maximum absolute atomic E-state index is 12.0. The van der Waals surface area contributed by atoms with Gasteiger partial charge < -0.3 is 4.90 Å². The van der Waals surface area contributed by atoms with Crippen molar-refractivity contribution < 1.29 is 4.79 Å². The lowest BCUT2D eigenvalue weighted by Crippen LogP contribution is -2.43. The van der Waals surface area contributed by atoms with Crippen LogP contribution in [0.5, 0.6) is 0 Å². The lowest BCUT2D eigenvalue weighted by Gasteiger charge is -2.34. The third-order valence-corrected chi connectivity index (χ3v) is 3.16. The van der Waals surface area contributed by atoms with E-state index in [1.165, 1.54) is 12.8 Å². The molecule has 14 heavy (non-hydrogen) atoms. The van der Waals surface area contributed by atoms with Crippen LogP contribution in [0.4, 0.5) is 0 Å². The molecular formula is C12H23NO. The highest BCUT2D eigenvalue weighted by Gasteiger charge is 2.29. The second-order valence-corrected chi connectivity index (χ2v) is 4.67. The molecule has 0 aliphatic carbocycles. The summed E-state index contributed by atoms with van der Waals surface area (Å²) in [6, 6.07) is 0. The molecular weight excluding hydrogens is 174 g/mol. The van der Waals surface area contributed by atoms with E-state index in [2.05, 4.69) is 25.7 Å². The molecule has 1 amide bonds. The molecule has 1 unspecified atom stereocenters. The van der Waals surface area contributed by atoms with Crippen molar-refractivity contribution in [3.8, 4) is 0 Å². The molecule has 0 aromatic rings. The molecule has 1 aliphatic rings. The minimum Gasteiger partial charge on any atom is -0.342 e. The van der Waals surface area contributed by atoms with Crippen LogP contribution >= 0.6 is 0 Å². The summed E-state index contributed by atoms with van der Waals surface area (Å²) in [5.74, 6) is 1.20. The number of piperidine rings is 1. The number of unbranched alkanes of at least 4 members (excludes halogenated alkanes) is 1. The molecule has 0 bridgehead atoms. The van der Waals surface area contributed by atoms with Crippen LogP contribution in [0.25, 0.3) is 0 Å². The fraction of sp³-hybridized carbons (Fsp3) is 0.917. The lowest BCUT2D eigenvalue weighted by atomic mass is 9.87. The van der Waals surface area contributed by atoms with Crippen molar-refractivity contribution in [3.63, 3.8) is 0 Å². The van der Waals surface area contributed by atoms with Gasteiger partial charge in [0, 0.05) is 19.0 Å². The number of amides is 1. The standard InChI is InChI=1S/C12H23NO/c1-4-5-8-13-9-6-7-11(10(2)3)12(13)14/h10-11H,4-9H2,1-3H3. The van der Waals surface area contributed by atoms with Gasteiger partial charge in [0.2, 0.25) is 5.91 Å². The third-order valence-electron chi connectivity index (χ3n) is 3.16. The summed E-state index contributed by atoms with van der Waals surface area (Å²) >= 11 is 0. The van der Waals surface area contributed by atoms with E-state index in [1.807, 2.05) is 0 Å². The van der Waals surface area contributed by atoms with Gasteiger partial charge in [-0.3, -0.25) is 4.79 Å². The minimum absolute atomic E-state index is 0.292. The van der Waals surface area contributed by atoms with Gasteiger partial charge in [0.15, 0.2) is 0 Å². The Hall–Kier alpha value is -0.530. The molecule has 0 aromatic carbocycles. The Balaban J connectivity index is 2.48. The minimum atomic E-state index is 0.292. The summed E-state index contributed by atoms with van der Waals surface area (Å²) < 4.78 is 0. The number of rotatable bonds is 4. The van der Waals surface area contributed by atoms with Crippen molar-refractivity contribution >= 4 is 5.91 Å². The quantitative estimate of drug-likeness (QED) is 0.678. The Bertz CT molecular complexity index is 189. The average Bonchev–Trinajstić information content (AvgIpc) is 2.16. The SMILES string of the molecule is CCCCN1CCCC(C(C)C)C1=O. The molecule has 1 aliphatic heterocycles. The Morgan fingerprint density at radius 1 is 1.50 bits per heavy atom. The maximum Gasteiger partial charge on any atom is 0.225 e. The van der Waals surface area contributed by atoms with Crippen molar-refractivity contribution in [2.24, 2.45) is 11.8 Å². The Kier molecular flexibility index (Phi) is 4.43. The normalized spacial score (nSPS) is 23.3. The first-order chi connectivity index (χ1) is 6.66. The van der Waals surface area contributed by atoms with Gasteiger partial charge in [0.1, 0.15) is 0 Å². The summed E-state index contributed by atoms with van der Waals surface area (Å²) in [5.41, 5.74) is 0. The first kappa shape index (κ1) is 11.5. The molecule has 0 N–H and O–H groups in total. The second kappa shape index (κ2) is 5.38. The molecule has 1 heterocycles. The van der Waals surface area contributed by atoms with Crippen LogP contribution < -0.4 is 0 Å². The summed E-state index contributed by atoms with van der Waals surface area (Å²) in [6.07, 6.45) is 4.62. The summed E-state index contributed by atoms with van der Waals surface area (Å²) in [5, 5.41) is 0. The average molecular weight is 197 g/mol. The van der Waals surface area contributed by atoms with Gasteiger partial charge >= 0.3 is 0 Å². The number of carbonyl (C=O) groups excluding carboxylic acids is 1. The van der Waals surface area contributed by atoms with Gasteiger partial charge in [-0.15, -0.1) is 0 Å². The Labute approximate surface area is 87.7 Å². The van der Waals surface area contributed by atoms with Crippen molar-refractivity contribution in [2.45, 2.75) is 46.5 Å². The highest BCUT2D eigenvalue weighted by molar-refractivity contribution is 5.79. The largest absolute Gasteiger partial charge is 0.342 e. The molecule has 2 heteroatoms. The summed E-state index contributed by atoms with van der Waals surface area (Å²) in [4.78, 5) is 14.1. The van der Waals surface area contributed by atoms with Crippen LogP contribution in [0.3, 0.4) is 0 Å². The van der Waals surface area contributed by atoms with E-state index in [9.17, 15) is 4.79 Å². The Morgan fingerprint density at radius 2 is 2.21 bits per heavy atom. The molecule has 82 valence electrons. The van der Waals surface area contributed by atoms with Crippen molar-refractivity contribution in [1.82, 2.24) is 4.90 Å². The van der Waals surface area contributed by atoms with Crippen molar-refractivity contribution in [3.05, 3.63) is 0 Å².